The normalized spacial score (nSPS) is 18.1. The molecule has 0 saturated carbocycles. The number of aromatic nitrogens is 2. The van der Waals surface area contributed by atoms with Crippen molar-refractivity contribution in [3.05, 3.63) is 51.8 Å². The molecule has 94 valence electrons. The number of fused-ring (bicyclic) bond motifs is 1. The molecule has 1 aromatic heterocycles. The van der Waals surface area contributed by atoms with E-state index in [0.717, 1.165) is 11.8 Å². The topological polar surface area (TPSA) is 20.7 Å². The van der Waals surface area contributed by atoms with Gasteiger partial charge in [0.15, 0.2) is 16.4 Å². The number of nitrogens with one attached hydrogen (secondary N) is 1. The molecule has 1 aromatic carbocycles. The van der Waals surface area contributed by atoms with Gasteiger partial charge in [0, 0.05) is 30.4 Å². The van der Waals surface area contributed by atoms with E-state index in [1.807, 2.05) is 4.57 Å². The summed E-state index contributed by atoms with van der Waals surface area (Å²) in [5, 5.41) is 0. The highest BCUT2D eigenvalue weighted by Crippen LogP contribution is 2.32. The molecule has 0 radical (unpaired) electrons. The summed E-state index contributed by atoms with van der Waals surface area (Å²) in [5.74, 6) is -3.15. The third-order valence-corrected chi connectivity index (χ3v) is 3.61. The molecule has 0 amide bonds. The molecule has 0 saturated heterocycles. The Morgan fingerprint density at radius 3 is 2.78 bits per heavy atom. The van der Waals surface area contributed by atoms with Gasteiger partial charge in [-0.15, -0.1) is 0 Å². The van der Waals surface area contributed by atoms with Gasteiger partial charge in [-0.1, -0.05) is 0 Å². The number of H-pyrrole nitrogens is 1. The van der Waals surface area contributed by atoms with Gasteiger partial charge in [0.05, 0.1) is 0 Å². The Balaban J connectivity index is 2.02. The van der Waals surface area contributed by atoms with Crippen molar-refractivity contribution in [2.24, 2.45) is 0 Å². The number of benzene rings is 1. The Morgan fingerprint density at radius 2 is 2.06 bits per heavy atom. The van der Waals surface area contributed by atoms with Gasteiger partial charge in [-0.3, -0.25) is 0 Å². The largest absolute Gasteiger partial charge is 0.337 e. The smallest absolute Gasteiger partial charge is 0.177 e. The molecule has 0 unspecified atom stereocenters. The number of rotatable bonds is 1. The van der Waals surface area contributed by atoms with Gasteiger partial charge < -0.3 is 9.55 Å². The van der Waals surface area contributed by atoms with Crippen LogP contribution in [0, 0.1) is 22.2 Å². The minimum absolute atomic E-state index is 0.0746. The van der Waals surface area contributed by atoms with Crippen molar-refractivity contribution in [1.29, 1.82) is 0 Å². The second-order valence-electron chi connectivity index (χ2n) is 4.39. The summed E-state index contributed by atoms with van der Waals surface area (Å²) >= 11 is 5.06. The molecule has 1 aliphatic heterocycles. The van der Waals surface area contributed by atoms with Crippen molar-refractivity contribution in [3.63, 3.8) is 0 Å². The SMILES string of the molecule is Fc1cc(F)c(F)c([C@@H]2Cc3c[nH]c(=S)n3C2)c1. The zero-order valence-corrected chi connectivity index (χ0v) is 10.0. The van der Waals surface area contributed by atoms with E-state index in [1.165, 1.54) is 0 Å². The van der Waals surface area contributed by atoms with E-state index in [9.17, 15) is 13.2 Å². The third kappa shape index (κ3) is 1.68. The number of halogens is 3. The predicted octanol–water partition coefficient (Wildman–Crippen LogP) is 3.30. The fourth-order valence-corrected chi connectivity index (χ4v) is 2.67. The number of hydrogen-bond acceptors (Lipinski definition) is 1. The van der Waals surface area contributed by atoms with Gasteiger partial charge >= 0.3 is 0 Å². The summed E-state index contributed by atoms with van der Waals surface area (Å²) in [5.41, 5.74) is 1.000. The van der Waals surface area contributed by atoms with E-state index in [1.54, 1.807) is 6.20 Å². The molecular weight excluding hydrogens is 261 g/mol. The highest BCUT2D eigenvalue weighted by Gasteiger charge is 2.27. The maximum Gasteiger partial charge on any atom is 0.177 e. The second kappa shape index (κ2) is 3.98. The van der Waals surface area contributed by atoms with Crippen molar-refractivity contribution >= 4 is 12.2 Å². The fraction of sp³-hybridized carbons (Fsp3) is 0.250. The van der Waals surface area contributed by atoms with Crippen LogP contribution in [0.2, 0.25) is 0 Å². The summed E-state index contributed by atoms with van der Waals surface area (Å²) in [6.07, 6.45) is 2.27. The molecule has 3 rings (SSSR count). The minimum atomic E-state index is -1.15. The summed E-state index contributed by atoms with van der Waals surface area (Å²) < 4.78 is 42.4. The van der Waals surface area contributed by atoms with Crippen LogP contribution in [-0.4, -0.2) is 9.55 Å². The van der Waals surface area contributed by atoms with Gasteiger partial charge in [0.25, 0.3) is 0 Å². The van der Waals surface area contributed by atoms with Gasteiger partial charge in [0.2, 0.25) is 0 Å². The van der Waals surface area contributed by atoms with Crippen molar-refractivity contribution in [2.45, 2.75) is 18.9 Å². The quantitative estimate of drug-likeness (QED) is 0.623. The van der Waals surface area contributed by atoms with E-state index >= 15 is 0 Å². The number of hydrogen-bond donors (Lipinski definition) is 1. The van der Waals surface area contributed by atoms with Crippen LogP contribution in [-0.2, 0) is 13.0 Å². The van der Waals surface area contributed by atoms with Crippen LogP contribution < -0.4 is 0 Å². The Bertz CT molecular complexity index is 674. The molecule has 0 bridgehead atoms. The lowest BCUT2D eigenvalue weighted by Crippen LogP contribution is -2.06. The fourth-order valence-electron chi connectivity index (χ4n) is 2.42. The number of aromatic amines is 1. The summed E-state index contributed by atoms with van der Waals surface area (Å²) in [6, 6.07) is 1.61. The minimum Gasteiger partial charge on any atom is -0.337 e. The molecule has 1 aliphatic rings. The summed E-state index contributed by atoms with van der Waals surface area (Å²) in [4.78, 5) is 2.88. The molecule has 6 heteroatoms. The zero-order valence-electron chi connectivity index (χ0n) is 9.21. The molecule has 1 N–H and O–H groups in total. The standard InChI is InChI=1S/C12H9F3N2S/c13-7-2-9(11(15)10(14)3-7)6-1-8-4-16-12(18)17(8)5-6/h2-4,6H,1,5H2,(H,16,18)/t6-/m1/s1. The molecule has 0 spiro atoms. The van der Waals surface area contributed by atoms with Crippen LogP contribution in [0.3, 0.4) is 0 Å². The Hall–Kier alpha value is -1.56. The van der Waals surface area contributed by atoms with Gasteiger partial charge in [-0.05, 0) is 30.3 Å². The summed E-state index contributed by atoms with van der Waals surface area (Å²) in [6.45, 7) is 0.442. The summed E-state index contributed by atoms with van der Waals surface area (Å²) in [7, 11) is 0. The zero-order chi connectivity index (χ0) is 12.9. The first-order valence-electron chi connectivity index (χ1n) is 5.48. The van der Waals surface area contributed by atoms with Crippen LogP contribution in [0.25, 0.3) is 0 Å². The highest BCUT2D eigenvalue weighted by molar-refractivity contribution is 7.71. The lowest BCUT2D eigenvalue weighted by molar-refractivity contribution is 0.470. The molecule has 0 aliphatic carbocycles. The average molecular weight is 270 g/mol. The van der Waals surface area contributed by atoms with Crippen molar-refractivity contribution in [1.82, 2.24) is 9.55 Å². The predicted molar refractivity (Wildman–Crippen MR) is 62.4 cm³/mol. The third-order valence-electron chi connectivity index (χ3n) is 3.27. The first-order chi connectivity index (χ1) is 8.56. The number of nitrogens with zero attached hydrogens (tertiary/aromatic N) is 1. The van der Waals surface area contributed by atoms with Gasteiger partial charge in [0.1, 0.15) is 5.82 Å². The van der Waals surface area contributed by atoms with Crippen LogP contribution in [0.15, 0.2) is 18.3 Å². The maximum absolute atomic E-state index is 13.7. The van der Waals surface area contributed by atoms with E-state index < -0.39 is 17.5 Å². The van der Waals surface area contributed by atoms with Crippen LogP contribution >= 0.6 is 12.2 Å². The molecule has 2 aromatic rings. The maximum atomic E-state index is 13.7. The number of imidazole rings is 1. The van der Waals surface area contributed by atoms with E-state index in [-0.39, 0.29) is 11.5 Å². The molecule has 1 atom stereocenters. The monoisotopic (exact) mass is 270 g/mol. The molecule has 0 fully saturated rings. The molecule has 2 nitrogen and oxygen atoms in total. The van der Waals surface area contributed by atoms with Crippen molar-refractivity contribution < 1.29 is 13.2 Å². The highest BCUT2D eigenvalue weighted by atomic mass is 32.1. The second-order valence-corrected chi connectivity index (χ2v) is 4.77. The first-order valence-corrected chi connectivity index (χ1v) is 5.88. The molecule has 2 heterocycles. The van der Waals surface area contributed by atoms with E-state index in [4.69, 9.17) is 12.2 Å². The Labute approximate surface area is 106 Å². The van der Waals surface area contributed by atoms with E-state index in [0.29, 0.717) is 23.8 Å². The average Bonchev–Trinajstić information content (AvgIpc) is 2.86. The van der Waals surface area contributed by atoms with Crippen molar-refractivity contribution in [2.75, 3.05) is 0 Å². The van der Waals surface area contributed by atoms with Crippen LogP contribution in [0.4, 0.5) is 13.2 Å². The van der Waals surface area contributed by atoms with E-state index in [2.05, 4.69) is 4.98 Å². The van der Waals surface area contributed by atoms with Gasteiger partial charge in [-0.25, -0.2) is 13.2 Å². The van der Waals surface area contributed by atoms with Crippen LogP contribution in [0.5, 0.6) is 0 Å². The lowest BCUT2D eigenvalue weighted by atomic mass is 9.96. The van der Waals surface area contributed by atoms with Crippen LogP contribution in [0.1, 0.15) is 17.2 Å². The molecule has 18 heavy (non-hydrogen) atoms. The Morgan fingerprint density at radius 1 is 1.28 bits per heavy atom. The van der Waals surface area contributed by atoms with Gasteiger partial charge in [-0.2, -0.15) is 0 Å². The Kier molecular flexibility index (Phi) is 2.55. The first kappa shape index (κ1) is 11.5. The lowest BCUT2D eigenvalue weighted by Gasteiger charge is -2.11. The molecular formula is C12H9F3N2S. The van der Waals surface area contributed by atoms with Crippen molar-refractivity contribution in [3.8, 4) is 0 Å².